The quantitative estimate of drug-likeness (QED) is 0.709. The van der Waals surface area contributed by atoms with Crippen LogP contribution >= 0.6 is 0 Å². The molecule has 0 saturated heterocycles. The van der Waals surface area contributed by atoms with Gasteiger partial charge in [0.2, 0.25) is 10.0 Å². The number of methoxy groups -OCH3 is 2. The summed E-state index contributed by atoms with van der Waals surface area (Å²) in [6.07, 6.45) is 0.999. The molecule has 1 unspecified atom stereocenters. The molecule has 2 rings (SSSR count). The fraction of sp³-hybridized carbons (Fsp3) is 0.294. The van der Waals surface area contributed by atoms with E-state index >= 15 is 0 Å². The smallest absolute Gasteiger partial charge is 0.238 e. The molecule has 0 radical (unpaired) electrons. The first-order valence-electron chi connectivity index (χ1n) is 7.82. The topological polar surface area (TPSA) is 125 Å². The number of benzene rings is 2. The summed E-state index contributed by atoms with van der Waals surface area (Å²) in [5.74, 6) is 1.19. The van der Waals surface area contributed by atoms with Crippen molar-refractivity contribution in [1.29, 1.82) is 0 Å². The number of sulfone groups is 1. The first-order chi connectivity index (χ1) is 12.5. The molecule has 2 aromatic rings. The van der Waals surface area contributed by atoms with E-state index in [1.54, 1.807) is 25.3 Å². The zero-order valence-electron chi connectivity index (χ0n) is 15.4. The Morgan fingerprint density at radius 3 is 2.19 bits per heavy atom. The first kappa shape index (κ1) is 21.0. The van der Waals surface area contributed by atoms with Gasteiger partial charge in [-0.2, -0.15) is 0 Å². The van der Waals surface area contributed by atoms with Crippen molar-refractivity contribution in [3.05, 3.63) is 42.0 Å². The van der Waals surface area contributed by atoms with Crippen molar-refractivity contribution >= 4 is 25.5 Å². The van der Waals surface area contributed by atoms with Crippen molar-refractivity contribution in [1.82, 2.24) is 0 Å². The number of nitrogens with two attached hydrogens (primary N) is 1. The maximum Gasteiger partial charge on any atom is 0.238 e. The van der Waals surface area contributed by atoms with Crippen molar-refractivity contribution in [2.24, 2.45) is 5.14 Å². The van der Waals surface area contributed by atoms with Gasteiger partial charge in [-0.05, 0) is 37.3 Å². The Hall–Kier alpha value is -2.30. The zero-order chi connectivity index (χ0) is 20.4. The second-order valence-corrected chi connectivity index (χ2v) is 9.49. The maximum absolute atomic E-state index is 12.1. The van der Waals surface area contributed by atoms with Gasteiger partial charge in [0.1, 0.15) is 11.5 Å². The summed E-state index contributed by atoms with van der Waals surface area (Å²) in [5.41, 5.74) is 1.03. The van der Waals surface area contributed by atoms with Crippen LogP contribution in [0, 0.1) is 0 Å². The molecule has 0 aromatic heterocycles. The van der Waals surface area contributed by atoms with Crippen LogP contribution in [0.4, 0.5) is 5.69 Å². The van der Waals surface area contributed by atoms with Crippen LogP contribution in [0.5, 0.6) is 11.5 Å². The molecule has 0 spiro atoms. The molecule has 0 amide bonds. The van der Waals surface area contributed by atoms with E-state index in [-0.39, 0.29) is 21.5 Å². The van der Waals surface area contributed by atoms with Crippen LogP contribution in [0.25, 0.3) is 0 Å². The van der Waals surface area contributed by atoms with Crippen molar-refractivity contribution in [2.45, 2.75) is 22.8 Å². The van der Waals surface area contributed by atoms with Crippen LogP contribution in [-0.4, -0.2) is 37.3 Å². The molecule has 2 aromatic carbocycles. The van der Waals surface area contributed by atoms with E-state index in [9.17, 15) is 16.8 Å². The SMILES string of the molecule is COc1ccc(C(C)Nc2ccc(S(N)(=O)=O)cc2S(C)(=O)=O)c(OC)c1. The molecule has 148 valence electrons. The maximum atomic E-state index is 12.1. The Kier molecular flexibility index (Phi) is 6.03. The van der Waals surface area contributed by atoms with Gasteiger partial charge >= 0.3 is 0 Å². The molecule has 27 heavy (non-hydrogen) atoms. The third-order valence-corrected chi connectivity index (χ3v) is 6.01. The number of hydrogen-bond donors (Lipinski definition) is 2. The monoisotopic (exact) mass is 414 g/mol. The predicted molar refractivity (Wildman–Crippen MR) is 103 cm³/mol. The number of rotatable bonds is 7. The molecule has 0 fully saturated rings. The first-order valence-corrected chi connectivity index (χ1v) is 11.3. The fourth-order valence-corrected chi connectivity index (χ4v) is 4.07. The summed E-state index contributed by atoms with van der Waals surface area (Å²) < 4.78 is 57.9. The molecular formula is C17H22N2O6S2. The molecule has 0 heterocycles. The minimum atomic E-state index is -4.03. The average Bonchev–Trinajstić information content (AvgIpc) is 2.59. The highest BCUT2D eigenvalue weighted by molar-refractivity contribution is 7.91. The van der Waals surface area contributed by atoms with Crippen molar-refractivity contribution in [2.75, 3.05) is 25.8 Å². The minimum Gasteiger partial charge on any atom is -0.497 e. The van der Waals surface area contributed by atoms with Gasteiger partial charge in [0, 0.05) is 17.9 Å². The van der Waals surface area contributed by atoms with Crippen LogP contribution in [0.15, 0.2) is 46.2 Å². The summed E-state index contributed by atoms with van der Waals surface area (Å²) in [5, 5.41) is 8.19. The lowest BCUT2D eigenvalue weighted by Gasteiger charge is -2.21. The Balaban J connectivity index is 2.48. The lowest BCUT2D eigenvalue weighted by atomic mass is 10.1. The third-order valence-electron chi connectivity index (χ3n) is 3.96. The molecule has 0 aliphatic heterocycles. The van der Waals surface area contributed by atoms with Gasteiger partial charge in [0.15, 0.2) is 9.84 Å². The molecular weight excluding hydrogens is 392 g/mol. The molecule has 0 saturated carbocycles. The molecule has 10 heteroatoms. The van der Waals surface area contributed by atoms with E-state index in [0.29, 0.717) is 11.5 Å². The number of ether oxygens (including phenoxy) is 2. The standard InChI is InChI=1S/C17H22N2O6S2/c1-11(14-7-5-12(24-2)9-16(14)25-3)19-15-8-6-13(27(18,22)23)10-17(15)26(4,20)21/h5-11,19H,1-4H3,(H2,18,22,23). The number of primary sulfonamides is 1. The number of anilines is 1. The third kappa shape index (κ3) is 4.90. The van der Waals surface area contributed by atoms with E-state index in [4.69, 9.17) is 14.6 Å². The number of hydrogen-bond acceptors (Lipinski definition) is 7. The predicted octanol–water partition coefficient (Wildman–Crippen LogP) is 1.93. The van der Waals surface area contributed by atoms with Gasteiger partial charge in [-0.1, -0.05) is 0 Å². The van der Waals surface area contributed by atoms with Crippen molar-refractivity contribution in [3.8, 4) is 11.5 Å². The van der Waals surface area contributed by atoms with E-state index in [1.807, 2.05) is 6.92 Å². The van der Waals surface area contributed by atoms with E-state index < -0.39 is 19.9 Å². The van der Waals surface area contributed by atoms with Crippen molar-refractivity contribution in [3.63, 3.8) is 0 Å². The van der Waals surface area contributed by atoms with Gasteiger partial charge in [0.25, 0.3) is 0 Å². The summed E-state index contributed by atoms with van der Waals surface area (Å²) >= 11 is 0. The summed E-state index contributed by atoms with van der Waals surface area (Å²) in [4.78, 5) is -0.434. The van der Waals surface area contributed by atoms with Gasteiger partial charge in [-0.3, -0.25) is 0 Å². The lowest BCUT2D eigenvalue weighted by molar-refractivity contribution is 0.390. The van der Waals surface area contributed by atoms with E-state index in [1.165, 1.54) is 19.2 Å². The molecule has 0 aliphatic carbocycles. The molecule has 0 bridgehead atoms. The summed E-state index contributed by atoms with van der Waals surface area (Å²) in [7, 11) is -4.67. The highest BCUT2D eigenvalue weighted by Crippen LogP contribution is 2.33. The summed E-state index contributed by atoms with van der Waals surface area (Å²) in [6, 6.07) is 8.62. The van der Waals surface area contributed by atoms with Gasteiger partial charge in [-0.25, -0.2) is 22.0 Å². The minimum absolute atomic E-state index is 0.159. The Bertz CT molecular complexity index is 1050. The number of nitrogens with one attached hydrogen (secondary N) is 1. The average molecular weight is 415 g/mol. The largest absolute Gasteiger partial charge is 0.497 e. The highest BCUT2D eigenvalue weighted by Gasteiger charge is 2.20. The Labute approximate surface area is 159 Å². The van der Waals surface area contributed by atoms with Gasteiger partial charge < -0.3 is 14.8 Å². The Morgan fingerprint density at radius 1 is 1.00 bits per heavy atom. The fourth-order valence-electron chi connectivity index (χ4n) is 2.59. The second kappa shape index (κ2) is 7.75. The van der Waals surface area contributed by atoms with Crippen LogP contribution in [0.1, 0.15) is 18.5 Å². The summed E-state index contributed by atoms with van der Waals surface area (Å²) in [6.45, 7) is 1.82. The number of sulfonamides is 1. The van der Waals surface area contributed by atoms with Gasteiger partial charge in [0.05, 0.1) is 35.7 Å². The van der Waals surface area contributed by atoms with Crippen LogP contribution in [0.3, 0.4) is 0 Å². The van der Waals surface area contributed by atoms with Crippen LogP contribution in [-0.2, 0) is 19.9 Å². The highest BCUT2D eigenvalue weighted by atomic mass is 32.2. The van der Waals surface area contributed by atoms with Crippen LogP contribution < -0.4 is 19.9 Å². The Morgan fingerprint density at radius 2 is 1.67 bits per heavy atom. The zero-order valence-corrected chi connectivity index (χ0v) is 17.0. The van der Waals surface area contributed by atoms with Crippen molar-refractivity contribution < 1.29 is 26.3 Å². The second-order valence-electron chi connectivity index (χ2n) is 5.95. The van der Waals surface area contributed by atoms with Crippen LogP contribution in [0.2, 0.25) is 0 Å². The molecule has 3 N–H and O–H groups in total. The molecule has 8 nitrogen and oxygen atoms in total. The van der Waals surface area contributed by atoms with E-state index in [0.717, 1.165) is 17.9 Å². The lowest BCUT2D eigenvalue weighted by Crippen LogP contribution is -2.15. The van der Waals surface area contributed by atoms with Gasteiger partial charge in [-0.15, -0.1) is 0 Å². The molecule has 1 atom stereocenters. The molecule has 0 aliphatic rings. The normalized spacial score (nSPS) is 13.1. The van der Waals surface area contributed by atoms with E-state index in [2.05, 4.69) is 5.32 Å².